The van der Waals surface area contributed by atoms with Gasteiger partial charge in [0.05, 0.1) is 18.9 Å². The van der Waals surface area contributed by atoms with Crippen molar-refractivity contribution in [2.45, 2.75) is 31.8 Å². The van der Waals surface area contributed by atoms with Crippen molar-refractivity contribution in [2.24, 2.45) is 5.73 Å². The quantitative estimate of drug-likeness (QED) is 0.480. The van der Waals surface area contributed by atoms with Crippen LogP contribution in [0.15, 0.2) is 54.6 Å². The molecule has 3 N–H and O–H groups in total. The van der Waals surface area contributed by atoms with Gasteiger partial charge in [-0.15, -0.1) is 0 Å². The van der Waals surface area contributed by atoms with Crippen molar-refractivity contribution >= 4 is 34.2 Å². The standard InChI is InChI=1S/C28H29N3O5/c29-25(32)11-10-24(28(34)35)31-23-9-8-20(21-2-1-3-22(26(21)23)27(31)33)16-18-4-6-19(7-5-18)17-30-12-14-36-15-13-30/h1-9,24H,10-17H2,(H2,29,32)(H,34,35). The van der Waals surface area contributed by atoms with Crippen LogP contribution in [0, 0.1) is 0 Å². The van der Waals surface area contributed by atoms with Crippen LogP contribution in [0.25, 0.3) is 10.8 Å². The first-order valence-corrected chi connectivity index (χ1v) is 12.2. The van der Waals surface area contributed by atoms with Gasteiger partial charge in [0, 0.05) is 37.0 Å². The van der Waals surface area contributed by atoms with Gasteiger partial charge in [0.15, 0.2) is 0 Å². The van der Waals surface area contributed by atoms with E-state index in [9.17, 15) is 19.5 Å². The summed E-state index contributed by atoms with van der Waals surface area (Å²) in [6, 6.07) is 16.7. The zero-order valence-electron chi connectivity index (χ0n) is 20.0. The molecule has 2 aliphatic rings. The van der Waals surface area contributed by atoms with Crippen molar-refractivity contribution in [1.82, 2.24) is 4.90 Å². The number of primary amides is 1. The second-order valence-electron chi connectivity index (χ2n) is 9.39. The molecule has 0 radical (unpaired) electrons. The molecule has 5 rings (SSSR count). The molecule has 186 valence electrons. The van der Waals surface area contributed by atoms with Crippen LogP contribution >= 0.6 is 0 Å². The molecule has 1 saturated heterocycles. The second-order valence-corrected chi connectivity index (χ2v) is 9.39. The maximum Gasteiger partial charge on any atom is 0.326 e. The van der Waals surface area contributed by atoms with Gasteiger partial charge < -0.3 is 15.6 Å². The van der Waals surface area contributed by atoms with E-state index in [-0.39, 0.29) is 18.7 Å². The molecule has 3 aromatic rings. The van der Waals surface area contributed by atoms with Crippen molar-refractivity contribution < 1.29 is 24.2 Å². The van der Waals surface area contributed by atoms with Gasteiger partial charge in [-0.05, 0) is 47.1 Å². The fraction of sp³-hybridized carbons (Fsp3) is 0.321. The van der Waals surface area contributed by atoms with Gasteiger partial charge in [0.2, 0.25) is 5.91 Å². The highest BCUT2D eigenvalue weighted by atomic mass is 16.5. The summed E-state index contributed by atoms with van der Waals surface area (Å²) in [6.45, 7) is 4.36. The van der Waals surface area contributed by atoms with E-state index < -0.39 is 17.9 Å². The van der Waals surface area contributed by atoms with Crippen molar-refractivity contribution in [1.29, 1.82) is 0 Å². The Balaban J connectivity index is 1.41. The summed E-state index contributed by atoms with van der Waals surface area (Å²) in [5.41, 5.74) is 9.77. The smallest absolute Gasteiger partial charge is 0.326 e. The van der Waals surface area contributed by atoms with Gasteiger partial charge in [0.25, 0.3) is 5.91 Å². The van der Waals surface area contributed by atoms with Gasteiger partial charge in [0.1, 0.15) is 6.04 Å². The molecule has 1 unspecified atom stereocenters. The topological polar surface area (TPSA) is 113 Å². The number of hydrogen-bond donors (Lipinski definition) is 2. The molecule has 2 aliphatic heterocycles. The van der Waals surface area contributed by atoms with Gasteiger partial charge >= 0.3 is 5.97 Å². The molecular weight excluding hydrogens is 458 g/mol. The lowest BCUT2D eigenvalue weighted by Gasteiger charge is -2.26. The van der Waals surface area contributed by atoms with E-state index >= 15 is 0 Å². The highest BCUT2D eigenvalue weighted by molar-refractivity contribution is 6.26. The summed E-state index contributed by atoms with van der Waals surface area (Å²) in [5.74, 6) is -2.12. The molecule has 1 atom stereocenters. The first kappa shape index (κ1) is 24.0. The number of aliphatic carboxylic acids is 1. The summed E-state index contributed by atoms with van der Waals surface area (Å²) in [7, 11) is 0. The number of carbonyl (C=O) groups excluding carboxylic acids is 2. The average molecular weight is 488 g/mol. The highest BCUT2D eigenvalue weighted by Crippen LogP contribution is 2.41. The molecule has 0 aliphatic carbocycles. The molecule has 8 heteroatoms. The number of nitrogens with two attached hydrogens (primary N) is 1. The maximum absolute atomic E-state index is 13.3. The van der Waals surface area contributed by atoms with Crippen LogP contribution in [0.3, 0.4) is 0 Å². The largest absolute Gasteiger partial charge is 0.480 e. The summed E-state index contributed by atoms with van der Waals surface area (Å²) in [5, 5.41) is 11.5. The predicted octanol–water partition coefficient (Wildman–Crippen LogP) is 2.94. The zero-order valence-corrected chi connectivity index (χ0v) is 20.0. The van der Waals surface area contributed by atoms with Crippen LogP contribution in [-0.4, -0.2) is 60.1 Å². The van der Waals surface area contributed by atoms with Gasteiger partial charge in [-0.2, -0.15) is 0 Å². The number of hydrogen-bond acceptors (Lipinski definition) is 5. The summed E-state index contributed by atoms with van der Waals surface area (Å²) in [4.78, 5) is 40.3. The van der Waals surface area contributed by atoms with E-state index in [1.807, 2.05) is 24.3 Å². The average Bonchev–Trinajstić information content (AvgIpc) is 3.15. The van der Waals surface area contributed by atoms with E-state index in [1.165, 1.54) is 10.5 Å². The van der Waals surface area contributed by atoms with E-state index in [4.69, 9.17) is 10.5 Å². The zero-order chi connectivity index (χ0) is 25.2. The number of morpholine rings is 1. The number of nitrogens with zero attached hydrogens (tertiary/aromatic N) is 2. The Morgan fingerprint density at radius 3 is 2.42 bits per heavy atom. The molecule has 2 amide bonds. The fourth-order valence-corrected chi connectivity index (χ4v) is 5.17. The number of carbonyl (C=O) groups is 3. The Morgan fingerprint density at radius 1 is 1.00 bits per heavy atom. The summed E-state index contributed by atoms with van der Waals surface area (Å²) in [6.07, 6.45) is 0.542. The Bertz CT molecular complexity index is 1310. The lowest BCUT2D eigenvalue weighted by atomic mass is 9.95. The minimum absolute atomic E-state index is 0.0373. The van der Waals surface area contributed by atoms with Crippen LogP contribution in [0.1, 0.15) is 39.9 Å². The molecule has 2 heterocycles. The van der Waals surface area contributed by atoms with Crippen molar-refractivity contribution in [3.8, 4) is 0 Å². The number of carboxylic acid groups (broad SMARTS) is 1. The van der Waals surface area contributed by atoms with E-state index in [0.29, 0.717) is 17.7 Å². The summed E-state index contributed by atoms with van der Waals surface area (Å²) < 4.78 is 5.43. The number of benzene rings is 3. The highest BCUT2D eigenvalue weighted by Gasteiger charge is 2.38. The Kier molecular flexibility index (Phi) is 6.71. The number of anilines is 1. The van der Waals surface area contributed by atoms with E-state index in [2.05, 4.69) is 29.2 Å². The first-order chi connectivity index (χ1) is 17.4. The number of carboxylic acids is 1. The molecule has 1 fully saturated rings. The van der Waals surface area contributed by atoms with Gasteiger partial charge in [-0.3, -0.25) is 19.4 Å². The van der Waals surface area contributed by atoms with Crippen LogP contribution < -0.4 is 10.6 Å². The molecule has 0 saturated carbocycles. The number of ether oxygens (including phenoxy) is 1. The maximum atomic E-state index is 13.3. The minimum atomic E-state index is -1.16. The van der Waals surface area contributed by atoms with Crippen molar-refractivity contribution in [3.63, 3.8) is 0 Å². The molecule has 36 heavy (non-hydrogen) atoms. The van der Waals surface area contributed by atoms with Gasteiger partial charge in [-0.1, -0.05) is 42.5 Å². The molecule has 0 aromatic heterocycles. The molecule has 8 nitrogen and oxygen atoms in total. The van der Waals surface area contributed by atoms with Crippen LogP contribution in [0.4, 0.5) is 5.69 Å². The Labute approximate surface area is 209 Å². The third-order valence-corrected chi connectivity index (χ3v) is 7.01. The van der Waals surface area contributed by atoms with Crippen molar-refractivity contribution in [2.75, 3.05) is 31.2 Å². The fourth-order valence-electron chi connectivity index (χ4n) is 5.17. The summed E-state index contributed by atoms with van der Waals surface area (Å²) >= 11 is 0. The lowest BCUT2D eigenvalue weighted by molar-refractivity contribution is -0.138. The van der Waals surface area contributed by atoms with Gasteiger partial charge in [-0.25, -0.2) is 4.79 Å². The Morgan fingerprint density at radius 2 is 1.72 bits per heavy atom. The third kappa shape index (κ3) is 4.69. The van der Waals surface area contributed by atoms with Crippen LogP contribution in [0.5, 0.6) is 0 Å². The van der Waals surface area contributed by atoms with Crippen LogP contribution in [-0.2, 0) is 27.3 Å². The second kappa shape index (κ2) is 10.1. The lowest BCUT2D eigenvalue weighted by Crippen LogP contribution is -2.43. The molecule has 3 aromatic carbocycles. The first-order valence-electron chi connectivity index (χ1n) is 12.2. The SMILES string of the molecule is NC(=O)CCC(C(=O)O)N1C(=O)c2cccc3c(Cc4ccc(CN5CCOCC5)cc4)ccc1c23. The molecule has 0 spiro atoms. The van der Waals surface area contributed by atoms with Crippen molar-refractivity contribution in [3.05, 3.63) is 76.9 Å². The minimum Gasteiger partial charge on any atom is -0.480 e. The number of amides is 2. The predicted molar refractivity (Wildman–Crippen MR) is 136 cm³/mol. The normalized spacial score (nSPS) is 16.4. The van der Waals surface area contributed by atoms with Crippen LogP contribution in [0.2, 0.25) is 0 Å². The molecular formula is C28H29N3O5. The third-order valence-electron chi connectivity index (χ3n) is 7.01. The number of rotatable bonds is 9. The monoisotopic (exact) mass is 487 g/mol. The Hall–Kier alpha value is -3.75. The molecule has 0 bridgehead atoms. The van der Waals surface area contributed by atoms with E-state index in [0.717, 1.165) is 54.7 Å². The van der Waals surface area contributed by atoms with E-state index in [1.54, 1.807) is 6.07 Å².